The van der Waals surface area contributed by atoms with Crippen LogP contribution in [0.3, 0.4) is 0 Å². The molecule has 0 aliphatic carbocycles. The molecule has 116 valence electrons. The number of rotatable bonds is 4. The van der Waals surface area contributed by atoms with Gasteiger partial charge in [0.05, 0.1) is 5.92 Å². The van der Waals surface area contributed by atoms with Gasteiger partial charge in [0.1, 0.15) is 0 Å². The Hall–Kier alpha value is -1.35. The molecule has 1 fully saturated rings. The van der Waals surface area contributed by atoms with Gasteiger partial charge in [-0.1, -0.05) is 44.2 Å². The Bertz CT molecular complexity index is 456. The van der Waals surface area contributed by atoms with Gasteiger partial charge in [-0.3, -0.25) is 4.79 Å². The third-order valence-electron chi connectivity index (χ3n) is 4.61. The zero-order valence-electron chi connectivity index (χ0n) is 13.3. The minimum atomic E-state index is -0.0892. The summed E-state index contributed by atoms with van der Waals surface area (Å²) < 4.78 is 0. The normalized spacial score (nSPS) is 19.9. The molecule has 3 nitrogen and oxygen atoms in total. The van der Waals surface area contributed by atoms with Crippen molar-refractivity contribution in [2.45, 2.75) is 39.5 Å². The van der Waals surface area contributed by atoms with Gasteiger partial charge in [0.15, 0.2) is 0 Å². The Labute approximate surface area is 128 Å². The van der Waals surface area contributed by atoms with E-state index in [-0.39, 0.29) is 11.8 Å². The highest BCUT2D eigenvalue weighted by Crippen LogP contribution is 2.30. The molecule has 0 aromatic heterocycles. The smallest absolute Gasteiger partial charge is 0.227 e. The molecule has 1 unspecified atom stereocenters. The van der Waals surface area contributed by atoms with Crippen molar-refractivity contribution in [2.75, 3.05) is 19.6 Å². The molecule has 21 heavy (non-hydrogen) atoms. The first-order chi connectivity index (χ1) is 10.0. The monoisotopic (exact) mass is 288 g/mol. The second-order valence-corrected chi connectivity index (χ2v) is 6.97. The summed E-state index contributed by atoms with van der Waals surface area (Å²) in [6.07, 6.45) is 4.13. The van der Waals surface area contributed by atoms with E-state index in [4.69, 9.17) is 5.73 Å². The van der Waals surface area contributed by atoms with E-state index in [1.165, 1.54) is 12.0 Å². The van der Waals surface area contributed by atoms with E-state index in [9.17, 15) is 4.79 Å². The number of carbonyl (C=O) groups is 1. The number of hydrogen-bond acceptors (Lipinski definition) is 2. The summed E-state index contributed by atoms with van der Waals surface area (Å²) in [4.78, 5) is 14.8. The highest BCUT2D eigenvalue weighted by Gasteiger charge is 2.28. The molecule has 1 aliphatic heterocycles. The zero-order chi connectivity index (χ0) is 15.3. The van der Waals surface area contributed by atoms with Crippen molar-refractivity contribution in [3.05, 3.63) is 35.9 Å². The van der Waals surface area contributed by atoms with Gasteiger partial charge in [-0.05, 0) is 36.7 Å². The molecular formula is C18H28N2O. The SMILES string of the molecule is CC1(C)CCCN(C(=O)C(CN)Cc2ccccc2)CC1. The first-order valence-electron chi connectivity index (χ1n) is 8.04. The van der Waals surface area contributed by atoms with Crippen molar-refractivity contribution < 1.29 is 4.79 Å². The van der Waals surface area contributed by atoms with Crippen molar-refractivity contribution in [3.8, 4) is 0 Å². The van der Waals surface area contributed by atoms with Crippen LogP contribution >= 0.6 is 0 Å². The van der Waals surface area contributed by atoms with Gasteiger partial charge in [-0.2, -0.15) is 0 Å². The quantitative estimate of drug-likeness (QED) is 0.926. The Morgan fingerprint density at radius 1 is 1.24 bits per heavy atom. The fourth-order valence-corrected chi connectivity index (χ4v) is 3.07. The molecule has 0 saturated carbocycles. The van der Waals surface area contributed by atoms with Gasteiger partial charge < -0.3 is 10.6 Å². The average Bonchev–Trinajstić information content (AvgIpc) is 2.66. The molecule has 1 heterocycles. The summed E-state index contributed by atoms with van der Waals surface area (Å²) in [6, 6.07) is 10.2. The van der Waals surface area contributed by atoms with Crippen LogP contribution in [0.4, 0.5) is 0 Å². The summed E-state index contributed by atoms with van der Waals surface area (Å²) in [6.45, 7) is 6.77. The van der Waals surface area contributed by atoms with Crippen LogP contribution in [0.2, 0.25) is 0 Å². The maximum Gasteiger partial charge on any atom is 0.227 e. The molecule has 0 radical (unpaired) electrons. The average molecular weight is 288 g/mol. The Kier molecular flexibility index (Phi) is 5.40. The van der Waals surface area contributed by atoms with E-state index < -0.39 is 0 Å². The first-order valence-corrected chi connectivity index (χ1v) is 8.04. The molecule has 3 heteroatoms. The van der Waals surface area contributed by atoms with Crippen molar-refractivity contribution >= 4 is 5.91 Å². The first kappa shape index (κ1) is 16.0. The lowest BCUT2D eigenvalue weighted by molar-refractivity contribution is -0.135. The Morgan fingerprint density at radius 3 is 2.62 bits per heavy atom. The van der Waals surface area contributed by atoms with E-state index in [2.05, 4.69) is 26.0 Å². The van der Waals surface area contributed by atoms with E-state index >= 15 is 0 Å². The predicted octanol–water partition coefficient (Wildman–Crippen LogP) is 2.84. The molecule has 1 aromatic carbocycles. The second kappa shape index (κ2) is 7.08. The molecule has 0 bridgehead atoms. The van der Waals surface area contributed by atoms with Crippen LogP contribution in [0, 0.1) is 11.3 Å². The van der Waals surface area contributed by atoms with Gasteiger partial charge in [-0.15, -0.1) is 0 Å². The largest absolute Gasteiger partial charge is 0.342 e. The second-order valence-electron chi connectivity index (χ2n) is 6.97. The van der Waals surface area contributed by atoms with Gasteiger partial charge >= 0.3 is 0 Å². The maximum absolute atomic E-state index is 12.7. The number of benzene rings is 1. The number of carbonyl (C=O) groups excluding carboxylic acids is 1. The fraction of sp³-hybridized carbons (Fsp3) is 0.611. The number of likely N-dealkylation sites (tertiary alicyclic amines) is 1. The third kappa shape index (κ3) is 4.57. The molecule has 1 amide bonds. The number of hydrogen-bond donors (Lipinski definition) is 1. The highest BCUT2D eigenvalue weighted by molar-refractivity contribution is 5.79. The minimum Gasteiger partial charge on any atom is -0.342 e. The number of amides is 1. The van der Waals surface area contributed by atoms with Crippen LogP contribution in [0.15, 0.2) is 30.3 Å². The molecule has 1 aliphatic rings. The fourth-order valence-electron chi connectivity index (χ4n) is 3.07. The lowest BCUT2D eigenvalue weighted by Crippen LogP contribution is -2.40. The molecular weight excluding hydrogens is 260 g/mol. The van der Waals surface area contributed by atoms with Gasteiger partial charge in [0, 0.05) is 19.6 Å². The molecule has 1 saturated heterocycles. The Balaban J connectivity index is 1.99. The lowest BCUT2D eigenvalue weighted by atomic mass is 9.85. The topological polar surface area (TPSA) is 46.3 Å². The van der Waals surface area contributed by atoms with Crippen molar-refractivity contribution in [3.63, 3.8) is 0 Å². The zero-order valence-corrected chi connectivity index (χ0v) is 13.3. The van der Waals surface area contributed by atoms with Crippen LogP contribution in [-0.2, 0) is 11.2 Å². The Morgan fingerprint density at radius 2 is 1.95 bits per heavy atom. The van der Waals surface area contributed by atoms with Gasteiger partial charge in [0.25, 0.3) is 0 Å². The van der Waals surface area contributed by atoms with Crippen LogP contribution in [0.25, 0.3) is 0 Å². The number of nitrogens with two attached hydrogens (primary N) is 1. The highest BCUT2D eigenvalue weighted by atomic mass is 16.2. The van der Waals surface area contributed by atoms with Crippen molar-refractivity contribution in [2.24, 2.45) is 17.1 Å². The molecule has 2 N–H and O–H groups in total. The predicted molar refractivity (Wildman–Crippen MR) is 86.9 cm³/mol. The summed E-state index contributed by atoms with van der Waals surface area (Å²) in [5, 5.41) is 0. The van der Waals surface area contributed by atoms with E-state index in [0.717, 1.165) is 32.4 Å². The van der Waals surface area contributed by atoms with E-state index in [0.29, 0.717) is 12.0 Å². The lowest BCUT2D eigenvalue weighted by Gasteiger charge is -2.26. The maximum atomic E-state index is 12.7. The molecule has 1 aromatic rings. The molecule has 2 rings (SSSR count). The van der Waals surface area contributed by atoms with Crippen molar-refractivity contribution in [1.29, 1.82) is 0 Å². The number of nitrogens with zero attached hydrogens (tertiary/aromatic N) is 1. The minimum absolute atomic E-state index is 0.0892. The van der Waals surface area contributed by atoms with Gasteiger partial charge in [0.2, 0.25) is 5.91 Å². The van der Waals surface area contributed by atoms with E-state index in [1.54, 1.807) is 0 Å². The van der Waals surface area contributed by atoms with E-state index in [1.807, 2.05) is 23.1 Å². The van der Waals surface area contributed by atoms with Crippen LogP contribution in [0.1, 0.15) is 38.7 Å². The summed E-state index contributed by atoms with van der Waals surface area (Å²) >= 11 is 0. The van der Waals surface area contributed by atoms with Crippen LogP contribution in [0.5, 0.6) is 0 Å². The van der Waals surface area contributed by atoms with Crippen LogP contribution < -0.4 is 5.73 Å². The summed E-state index contributed by atoms with van der Waals surface area (Å²) in [5.41, 5.74) is 7.42. The van der Waals surface area contributed by atoms with Gasteiger partial charge in [-0.25, -0.2) is 0 Å². The van der Waals surface area contributed by atoms with Crippen molar-refractivity contribution in [1.82, 2.24) is 4.90 Å². The standard InChI is InChI=1S/C18H28N2O/c1-18(2)9-6-11-20(12-10-18)17(21)16(14-19)13-15-7-4-3-5-8-15/h3-5,7-8,16H,6,9-14,19H2,1-2H3. The molecule has 0 spiro atoms. The summed E-state index contributed by atoms with van der Waals surface area (Å²) in [5.74, 6) is 0.146. The molecule has 1 atom stereocenters. The van der Waals surface area contributed by atoms with Crippen LogP contribution in [-0.4, -0.2) is 30.4 Å². The third-order valence-corrected chi connectivity index (χ3v) is 4.61. The summed E-state index contributed by atoms with van der Waals surface area (Å²) in [7, 11) is 0.